The molecule has 2 aliphatic rings. The first-order chi connectivity index (χ1) is 24.3. The molecule has 0 aliphatic heterocycles. The van der Waals surface area contributed by atoms with Gasteiger partial charge in [0.15, 0.2) is 5.78 Å². The van der Waals surface area contributed by atoms with Crippen molar-refractivity contribution in [3.63, 3.8) is 0 Å². The van der Waals surface area contributed by atoms with E-state index in [4.69, 9.17) is 4.52 Å². The Morgan fingerprint density at radius 3 is 1.59 bits per heavy atom. The average Bonchev–Trinajstić information content (AvgIpc) is 3.66. The summed E-state index contributed by atoms with van der Waals surface area (Å²) < 4.78 is 5.25. The molecule has 4 aromatic rings. The van der Waals surface area contributed by atoms with Crippen LogP contribution >= 0.6 is 0 Å². The summed E-state index contributed by atoms with van der Waals surface area (Å²) >= 11 is 0. The van der Waals surface area contributed by atoms with Crippen molar-refractivity contribution in [1.82, 2.24) is 10.1 Å². The molecule has 4 atom stereocenters. The molecule has 2 fully saturated rings. The second-order valence-electron chi connectivity index (χ2n) is 13.8. The van der Waals surface area contributed by atoms with Crippen molar-refractivity contribution in [2.75, 3.05) is 0 Å². The molecule has 51 heavy (non-hydrogen) atoms. The van der Waals surface area contributed by atoms with Crippen LogP contribution in [0.15, 0.2) is 65.5 Å². The van der Waals surface area contributed by atoms with Crippen LogP contribution in [0.3, 0.4) is 0 Å². The molecule has 0 amide bonds. The van der Waals surface area contributed by atoms with Gasteiger partial charge in [0.05, 0.1) is 11.6 Å². The lowest BCUT2D eigenvalue weighted by Crippen LogP contribution is -2.18. The molecule has 272 valence electrons. The van der Waals surface area contributed by atoms with Crippen molar-refractivity contribution in [1.29, 1.82) is 0 Å². The van der Waals surface area contributed by atoms with E-state index in [2.05, 4.69) is 61.8 Å². The molecule has 6 nitrogen and oxygen atoms in total. The molecule has 2 aromatic carbocycles. The summed E-state index contributed by atoms with van der Waals surface area (Å²) in [6.45, 7) is 28.4. The Morgan fingerprint density at radius 2 is 1.12 bits per heavy atom. The number of aryl methyl sites for hydroxylation is 8. The summed E-state index contributed by atoms with van der Waals surface area (Å²) in [5.41, 5.74) is 13.0. The van der Waals surface area contributed by atoms with Crippen LogP contribution in [-0.2, 0) is 27.2 Å². The number of allylic oxidation sites excluding steroid dienone is 1. The van der Waals surface area contributed by atoms with Crippen molar-refractivity contribution in [3.8, 4) is 0 Å². The SMILES string of the molecule is C=C1CC(Cc2c(C)noc2C)C(=O)C1c1c(C)cc(C)cc1C.CC.CC.Cc1cc(C)c(C2C(=O)CC(Cc3ccncc3)C2=O)c(C)c1. The molecule has 0 N–H and O–H groups in total. The predicted molar refractivity (Wildman–Crippen MR) is 207 cm³/mol. The van der Waals surface area contributed by atoms with Gasteiger partial charge in [-0.1, -0.05) is 80.4 Å². The number of ketones is 3. The highest BCUT2D eigenvalue weighted by Crippen LogP contribution is 2.43. The van der Waals surface area contributed by atoms with Crippen LogP contribution in [0.4, 0.5) is 0 Å². The van der Waals surface area contributed by atoms with E-state index in [1.54, 1.807) is 12.4 Å². The predicted octanol–water partition coefficient (Wildman–Crippen LogP) is 10.2. The van der Waals surface area contributed by atoms with Crippen molar-refractivity contribution >= 4 is 17.3 Å². The number of rotatable bonds is 6. The van der Waals surface area contributed by atoms with Crippen LogP contribution in [0.2, 0.25) is 0 Å². The van der Waals surface area contributed by atoms with E-state index in [9.17, 15) is 14.4 Å². The third kappa shape index (κ3) is 9.27. The van der Waals surface area contributed by atoms with Gasteiger partial charge in [-0.2, -0.15) is 0 Å². The largest absolute Gasteiger partial charge is 0.361 e. The number of nitrogens with zero attached hydrogens (tertiary/aromatic N) is 2. The van der Waals surface area contributed by atoms with Gasteiger partial charge >= 0.3 is 0 Å². The molecule has 6 rings (SSSR count). The van der Waals surface area contributed by atoms with E-state index in [0.717, 1.165) is 62.4 Å². The molecule has 2 aliphatic carbocycles. The van der Waals surface area contributed by atoms with Crippen LogP contribution in [-0.4, -0.2) is 27.5 Å². The van der Waals surface area contributed by atoms with E-state index >= 15 is 0 Å². The minimum Gasteiger partial charge on any atom is -0.361 e. The van der Waals surface area contributed by atoms with Crippen LogP contribution < -0.4 is 0 Å². The molecule has 4 unspecified atom stereocenters. The zero-order chi connectivity index (χ0) is 38.2. The number of carbonyl (C=O) groups is 3. The van der Waals surface area contributed by atoms with Gasteiger partial charge in [-0.05, 0) is 126 Å². The summed E-state index contributed by atoms with van der Waals surface area (Å²) in [6.07, 6.45) is 5.86. The van der Waals surface area contributed by atoms with Gasteiger partial charge in [0.25, 0.3) is 0 Å². The van der Waals surface area contributed by atoms with E-state index in [-0.39, 0.29) is 35.1 Å². The van der Waals surface area contributed by atoms with Crippen LogP contribution in [0.1, 0.15) is 119 Å². The van der Waals surface area contributed by atoms with Gasteiger partial charge in [0.1, 0.15) is 23.2 Å². The maximum Gasteiger partial charge on any atom is 0.151 e. The molecule has 6 heteroatoms. The number of aromatic nitrogens is 2. The summed E-state index contributed by atoms with van der Waals surface area (Å²) in [5, 5.41) is 4.01. The molecular formula is C45H58N2O4. The van der Waals surface area contributed by atoms with Crippen molar-refractivity contribution in [2.24, 2.45) is 11.8 Å². The first-order valence-electron chi connectivity index (χ1n) is 18.5. The van der Waals surface area contributed by atoms with Gasteiger partial charge in [-0.25, -0.2) is 0 Å². The second kappa shape index (κ2) is 18.2. The molecule has 0 spiro atoms. The molecular weight excluding hydrogens is 633 g/mol. The Hall–Kier alpha value is -4.45. The third-order valence-electron chi connectivity index (χ3n) is 9.98. The lowest BCUT2D eigenvalue weighted by Gasteiger charge is -2.18. The number of hydrogen-bond acceptors (Lipinski definition) is 6. The number of hydrogen-bond donors (Lipinski definition) is 0. The quantitative estimate of drug-likeness (QED) is 0.148. The fourth-order valence-corrected chi connectivity index (χ4v) is 7.96. The minimum absolute atomic E-state index is 0.0283. The Kier molecular flexibility index (Phi) is 14.6. The van der Waals surface area contributed by atoms with Crippen molar-refractivity contribution in [3.05, 3.63) is 128 Å². The monoisotopic (exact) mass is 690 g/mol. The zero-order valence-electron chi connectivity index (χ0n) is 33.0. The third-order valence-corrected chi connectivity index (χ3v) is 9.98. The smallest absolute Gasteiger partial charge is 0.151 e. The summed E-state index contributed by atoms with van der Waals surface area (Å²) in [4.78, 5) is 42.6. The first kappa shape index (κ1) is 41.0. The molecule has 2 heterocycles. The number of Topliss-reactive ketones (excluding diaryl/α,β-unsaturated/α-hetero) is 3. The standard InChI is InChI=1S/C21H25NO2.C20H21NO2.2C2H6/c1-11-7-12(2)19(13(3)8-11)20-14(4)9-17(21(20)23)10-18-15(5)22-24-16(18)6;1-12-8-13(2)18(14(3)9-12)19-17(22)11-16(20(19)23)10-15-4-6-21-7-5-15;2*1-2/h7-8,17,20H,4,9-10H2,1-3,5-6H3;4-9,16,19H,10-11H2,1-3H3;2*1-2H3. The number of benzene rings is 2. The average molecular weight is 691 g/mol. The first-order valence-corrected chi connectivity index (χ1v) is 18.5. The zero-order valence-corrected chi connectivity index (χ0v) is 33.0. The van der Waals surface area contributed by atoms with Crippen LogP contribution in [0.5, 0.6) is 0 Å². The van der Waals surface area contributed by atoms with E-state index in [0.29, 0.717) is 19.3 Å². The van der Waals surface area contributed by atoms with E-state index in [1.807, 2.05) is 74.4 Å². The molecule has 2 aromatic heterocycles. The Balaban J connectivity index is 0.000000251. The normalized spacial score (nSPS) is 19.5. The fraction of sp³-hybridized carbons (Fsp3) is 0.444. The molecule has 2 saturated carbocycles. The van der Waals surface area contributed by atoms with E-state index in [1.165, 1.54) is 16.7 Å². The van der Waals surface area contributed by atoms with Crippen LogP contribution in [0, 0.1) is 67.2 Å². The molecule has 0 radical (unpaired) electrons. The lowest BCUT2D eigenvalue weighted by molar-refractivity contribution is -0.125. The molecule has 0 bridgehead atoms. The second-order valence-corrected chi connectivity index (χ2v) is 13.8. The Labute approximate surface area is 306 Å². The highest BCUT2D eigenvalue weighted by atomic mass is 16.5. The van der Waals surface area contributed by atoms with E-state index < -0.39 is 5.92 Å². The van der Waals surface area contributed by atoms with Crippen molar-refractivity contribution in [2.45, 2.75) is 121 Å². The van der Waals surface area contributed by atoms with Crippen molar-refractivity contribution < 1.29 is 18.9 Å². The summed E-state index contributed by atoms with van der Waals surface area (Å²) in [5.74, 6) is 0.242. The van der Waals surface area contributed by atoms with Gasteiger partial charge in [0, 0.05) is 36.2 Å². The topological polar surface area (TPSA) is 90.1 Å². The minimum atomic E-state index is -0.581. The highest BCUT2D eigenvalue weighted by molar-refractivity contribution is 6.15. The highest BCUT2D eigenvalue weighted by Gasteiger charge is 2.43. The summed E-state index contributed by atoms with van der Waals surface area (Å²) in [6, 6.07) is 12.2. The lowest BCUT2D eigenvalue weighted by atomic mass is 9.85. The summed E-state index contributed by atoms with van der Waals surface area (Å²) in [7, 11) is 0. The van der Waals surface area contributed by atoms with Crippen LogP contribution in [0.25, 0.3) is 0 Å². The Morgan fingerprint density at radius 1 is 0.667 bits per heavy atom. The van der Waals surface area contributed by atoms with Gasteiger partial charge in [0.2, 0.25) is 0 Å². The maximum absolute atomic E-state index is 13.1. The Bertz CT molecular complexity index is 1800. The van der Waals surface area contributed by atoms with Gasteiger partial charge < -0.3 is 4.52 Å². The van der Waals surface area contributed by atoms with Gasteiger partial charge in [-0.15, -0.1) is 0 Å². The maximum atomic E-state index is 13.1. The molecule has 0 saturated heterocycles. The number of pyridine rings is 1. The fourth-order valence-electron chi connectivity index (χ4n) is 7.96. The van der Waals surface area contributed by atoms with Gasteiger partial charge in [-0.3, -0.25) is 19.4 Å². The number of carbonyl (C=O) groups excluding carboxylic acids is 3.